The number of amides is 1. The highest BCUT2D eigenvalue weighted by molar-refractivity contribution is 5.99. The molecule has 0 aromatic carbocycles. The summed E-state index contributed by atoms with van der Waals surface area (Å²) >= 11 is 0. The summed E-state index contributed by atoms with van der Waals surface area (Å²) in [5.74, 6) is 2.14. The van der Waals surface area contributed by atoms with Crippen molar-refractivity contribution in [1.82, 2.24) is 10.6 Å². The number of nitrogens with one attached hydrogen (secondary N) is 2. The van der Waals surface area contributed by atoms with Crippen LogP contribution in [0.1, 0.15) is 27.7 Å². The van der Waals surface area contributed by atoms with Gasteiger partial charge in [0.25, 0.3) is 5.91 Å². The minimum Gasteiger partial charge on any atom is -0.394 e. The lowest BCUT2D eigenvalue weighted by molar-refractivity contribution is -0.116. The summed E-state index contributed by atoms with van der Waals surface area (Å²) in [6, 6.07) is 0. The lowest BCUT2D eigenvalue weighted by Crippen LogP contribution is -2.21. The second kappa shape index (κ2) is 10.2. The third-order valence-corrected chi connectivity index (χ3v) is 2.03. The first-order valence-electron chi connectivity index (χ1n) is 5.92. The van der Waals surface area contributed by atoms with E-state index in [1.807, 2.05) is 27.7 Å². The molecule has 100 valence electrons. The molecule has 3 nitrogen and oxygen atoms in total. The van der Waals surface area contributed by atoms with Crippen molar-refractivity contribution in [2.24, 2.45) is 0 Å². The zero-order valence-corrected chi connectivity index (χ0v) is 12.3. The van der Waals surface area contributed by atoms with Gasteiger partial charge >= 0.3 is 0 Å². The average Bonchev–Trinajstić information content (AvgIpc) is 2.36. The molecule has 0 aromatic heterocycles. The van der Waals surface area contributed by atoms with Crippen molar-refractivity contribution in [3.8, 4) is 12.3 Å². The van der Waals surface area contributed by atoms with Crippen molar-refractivity contribution >= 4 is 5.91 Å². The van der Waals surface area contributed by atoms with Crippen LogP contribution in [-0.2, 0) is 4.79 Å². The minimum atomic E-state index is -0.274. The number of carbonyl (C=O) groups is 1. The van der Waals surface area contributed by atoms with Gasteiger partial charge in [0, 0.05) is 19.7 Å². The SMILES string of the molecule is C#C/C(C(=O)NC)=C(C(=C)C)\C(C)=C/NC.CC. The van der Waals surface area contributed by atoms with E-state index >= 15 is 0 Å². The van der Waals surface area contributed by atoms with E-state index in [4.69, 9.17) is 6.42 Å². The van der Waals surface area contributed by atoms with E-state index in [0.717, 1.165) is 11.1 Å². The molecular formula is C15H24N2O. The molecule has 0 aliphatic rings. The smallest absolute Gasteiger partial charge is 0.260 e. The third kappa shape index (κ3) is 5.40. The van der Waals surface area contributed by atoms with Crippen LogP contribution >= 0.6 is 0 Å². The van der Waals surface area contributed by atoms with Gasteiger partial charge < -0.3 is 10.6 Å². The van der Waals surface area contributed by atoms with Gasteiger partial charge in [-0.05, 0) is 31.2 Å². The van der Waals surface area contributed by atoms with Gasteiger partial charge in [-0.2, -0.15) is 0 Å². The molecule has 18 heavy (non-hydrogen) atoms. The van der Waals surface area contributed by atoms with E-state index in [9.17, 15) is 4.79 Å². The Balaban J connectivity index is 0. The van der Waals surface area contributed by atoms with E-state index in [-0.39, 0.29) is 5.91 Å². The van der Waals surface area contributed by atoms with Crippen LogP contribution in [0.5, 0.6) is 0 Å². The largest absolute Gasteiger partial charge is 0.394 e. The van der Waals surface area contributed by atoms with Crippen molar-refractivity contribution in [3.05, 3.63) is 35.1 Å². The average molecular weight is 248 g/mol. The lowest BCUT2D eigenvalue weighted by atomic mass is 9.95. The highest BCUT2D eigenvalue weighted by atomic mass is 16.1. The molecule has 0 atom stereocenters. The van der Waals surface area contributed by atoms with E-state index in [1.54, 1.807) is 20.3 Å². The quantitative estimate of drug-likeness (QED) is 0.455. The van der Waals surface area contributed by atoms with E-state index < -0.39 is 0 Å². The van der Waals surface area contributed by atoms with E-state index in [2.05, 4.69) is 23.1 Å². The molecule has 2 N–H and O–H groups in total. The van der Waals surface area contributed by atoms with Crippen molar-refractivity contribution in [2.75, 3.05) is 14.1 Å². The van der Waals surface area contributed by atoms with Gasteiger partial charge in [-0.1, -0.05) is 26.3 Å². The van der Waals surface area contributed by atoms with E-state index in [0.29, 0.717) is 11.1 Å². The molecule has 0 heterocycles. The first kappa shape index (κ1) is 18.4. The fraction of sp³-hybridized carbons (Fsp3) is 0.400. The van der Waals surface area contributed by atoms with Crippen LogP contribution in [0, 0.1) is 12.3 Å². The molecule has 1 amide bonds. The lowest BCUT2D eigenvalue weighted by Gasteiger charge is -2.11. The molecule has 0 saturated heterocycles. The number of hydrogen-bond acceptors (Lipinski definition) is 2. The molecule has 0 fully saturated rings. The first-order chi connectivity index (χ1) is 8.49. The standard InChI is InChI=1S/C13H18N2O.C2H6/c1-7-11(13(16)15-6)12(9(2)3)10(4)8-14-5;1-2/h1,8,14H,2H2,3-6H3,(H,15,16);1-2H3/b10-8-,12-11+;. The Kier molecular flexibility index (Phi) is 10.5. The second-order valence-corrected chi connectivity index (χ2v) is 3.37. The summed E-state index contributed by atoms with van der Waals surface area (Å²) in [6.07, 6.45) is 7.15. The van der Waals surface area contributed by atoms with Gasteiger partial charge in [0.05, 0.1) is 5.57 Å². The molecule has 0 saturated carbocycles. The van der Waals surface area contributed by atoms with Crippen molar-refractivity contribution < 1.29 is 4.79 Å². The second-order valence-electron chi connectivity index (χ2n) is 3.37. The summed E-state index contributed by atoms with van der Waals surface area (Å²) in [7, 11) is 3.34. The van der Waals surface area contributed by atoms with Crippen molar-refractivity contribution in [1.29, 1.82) is 0 Å². The Morgan fingerprint density at radius 1 is 1.28 bits per heavy atom. The molecule has 0 rings (SSSR count). The van der Waals surface area contributed by atoms with Gasteiger partial charge in [0.1, 0.15) is 0 Å². The summed E-state index contributed by atoms with van der Waals surface area (Å²) in [5, 5.41) is 5.42. The predicted octanol–water partition coefficient (Wildman–Crippen LogP) is 2.39. The highest BCUT2D eigenvalue weighted by Gasteiger charge is 2.14. The third-order valence-electron chi connectivity index (χ3n) is 2.03. The number of terminal acetylenes is 1. The van der Waals surface area contributed by atoms with Crippen LogP contribution in [0.25, 0.3) is 0 Å². The summed E-state index contributed by atoms with van der Waals surface area (Å²) < 4.78 is 0. The molecule has 0 radical (unpaired) electrons. The molecular weight excluding hydrogens is 224 g/mol. The van der Waals surface area contributed by atoms with Crippen LogP contribution < -0.4 is 10.6 Å². The predicted molar refractivity (Wildman–Crippen MR) is 78.9 cm³/mol. The van der Waals surface area contributed by atoms with Gasteiger partial charge in [-0.15, -0.1) is 6.42 Å². The number of likely N-dealkylation sites (N-methyl/N-ethyl adjacent to an activating group) is 1. The molecule has 0 aliphatic carbocycles. The van der Waals surface area contributed by atoms with E-state index in [1.165, 1.54) is 0 Å². The molecule has 0 spiro atoms. The monoisotopic (exact) mass is 248 g/mol. The maximum absolute atomic E-state index is 11.6. The topological polar surface area (TPSA) is 41.1 Å². The fourth-order valence-corrected chi connectivity index (χ4v) is 1.41. The van der Waals surface area contributed by atoms with Gasteiger partial charge in [0.15, 0.2) is 0 Å². The summed E-state index contributed by atoms with van der Waals surface area (Å²) in [6.45, 7) is 11.5. The summed E-state index contributed by atoms with van der Waals surface area (Å²) in [4.78, 5) is 11.6. The van der Waals surface area contributed by atoms with Crippen LogP contribution in [-0.4, -0.2) is 20.0 Å². The zero-order valence-electron chi connectivity index (χ0n) is 12.3. The van der Waals surface area contributed by atoms with Gasteiger partial charge in [-0.3, -0.25) is 4.79 Å². The maximum Gasteiger partial charge on any atom is 0.260 e. The minimum absolute atomic E-state index is 0.274. The zero-order chi connectivity index (χ0) is 14.7. The molecule has 3 heteroatoms. The Morgan fingerprint density at radius 2 is 1.78 bits per heavy atom. The summed E-state index contributed by atoms with van der Waals surface area (Å²) in [5.41, 5.74) is 2.65. The van der Waals surface area contributed by atoms with Crippen LogP contribution in [0.3, 0.4) is 0 Å². The molecule has 0 bridgehead atoms. The number of rotatable bonds is 4. The Hall–Kier alpha value is -1.95. The van der Waals surface area contributed by atoms with Gasteiger partial charge in [-0.25, -0.2) is 0 Å². The van der Waals surface area contributed by atoms with Crippen LogP contribution in [0.4, 0.5) is 0 Å². The van der Waals surface area contributed by atoms with Gasteiger partial charge in [0.2, 0.25) is 0 Å². The normalized spacial score (nSPS) is 11.3. The molecule has 0 aromatic rings. The van der Waals surface area contributed by atoms with Crippen LogP contribution in [0.2, 0.25) is 0 Å². The molecule has 0 unspecified atom stereocenters. The fourth-order valence-electron chi connectivity index (χ4n) is 1.41. The maximum atomic E-state index is 11.6. The Morgan fingerprint density at radius 3 is 2.06 bits per heavy atom. The van der Waals surface area contributed by atoms with Crippen LogP contribution in [0.15, 0.2) is 35.1 Å². The van der Waals surface area contributed by atoms with Crippen molar-refractivity contribution in [2.45, 2.75) is 27.7 Å². The number of allylic oxidation sites excluding steroid dienone is 3. The molecule has 0 aliphatic heterocycles. The highest BCUT2D eigenvalue weighted by Crippen LogP contribution is 2.21. The number of carbonyl (C=O) groups excluding carboxylic acids is 1. The Labute approximate surface area is 111 Å². The number of hydrogen-bond donors (Lipinski definition) is 2. The van der Waals surface area contributed by atoms with Crippen molar-refractivity contribution in [3.63, 3.8) is 0 Å². The first-order valence-corrected chi connectivity index (χ1v) is 5.92. The Bertz CT molecular complexity index is 395.